The number of thioether (sulfide) groups is 1. The Kier molecular flexibility index (Phi) is 5.85. The Bertz CT molecular complexity index is 708. The third-order valence-corrected chi connectivity index (χ3v) is 6.22. The molecule has 0 unspecified atom stereocenters. The monoisotopic (exact) mass is 405 g/mol. The van der Waals surface area contributed by atoms with Crippen LogP contribution in [0.15, 0.2) is 53.0 Å². The smallest absolute Gasteiger partial charge is 0.255 e. The fourth-order valence-corrected chi connectivity index (χ4v) is 4.52. The normalized spacial score (nSPS) is 18.1. The number of hydrogen-bond acceptors (Lipinski definition) is 3. The van der Waals surface area contributed by atoms with Gasteiger partial charge in [-0.15, -0.1) is 0 Å². The van der Waals surface area contributed by atoms with Crippen LogP contribution in [0.3, 0.4) is 0 Å². The number of methoxy groups -OCH3 is 1. The Hall–Kier alpha value is -1.46. The van der Waals surface area contributed by atoms with E-state index in [9.17, 15) is 4.79 Å². The number of amides is 1. The minimum atomic E-state index is 0.0649. The van der Waals surface area contributed by atoms with Crippen molar-refractivity contribution < 1.29 is 9.53 Å². The highest BCUT2D eigenvalue weighted by Crippen LogP contribution is 2.35. The third kappa shape index (κ3) is 3.95. The Balaban J connectivity index is 1.73. The van der Waals surface area contributed by atoms with Crippen LogP contribution in [0.25, 0.3) is 0 Å². The highest BCUT2D eigenvalue weighted by molar-refractivity contribution is 9.10. The van der Waals surface area contributed by atoms with E-state index in [2.05, 4.69) is 40.2 Å². The van der Waals surface area contributed by atoms with Gasteiger partial charge < -0.3 is 9.64 Å². The molecule has 1 heterocycles. The van der Waals surface area contributed by atoms with Crippen molar-refractivity contribution in [2.24, 2.45) is 0 Å². The van der Waals surface area contributed by atoms with Gasteiger partial charge in [-0.1, -0.05) is 30.3 Å². The minimum absolute atomic E-state index is 0.0649. The van der Waals surface area contributed by atoms with Gasteiger partial charge in [-0.05, 0) is 46.1 Å². The van der Waals surface area contributed by atoms with Crippen molar-refractivity contribution in [3.63, 3.8) is 0 Å². The molecule has 0 radical (unpaired) electrons. The van der Waals surface area contributed by atoms with Crippen LogP contribution < -0.4 is 4.74 Å². The number of hydrogen-bond donors (Lipinski definition) is 0. The maximum atomic E-state index is 12.9. The molecule has 1 aliphatic heterocycles. The lowest BCUT2D eigenvalue weighted by atomic mass is 10.1. The summed E-state index contributed by atoms with van der Waals surface area (Å²) in [6.45, 7) is 1.55. The first-order valence-corrected chi connectivity index (χ1v) is 9.82. The molecular formula is C19H20BrNO2S. The second kappa shape index (κ2) is 8.08. The Labute approximate surface area is 155 Å². The summed E-state index contributed by atoms with van der Waals surface area (Å²) in [6, 6.07) is 16.1. The molecule has 0 spiro atoms. The van der Waals surface area contributed by atoms with Gasteiger partial charge in [0.1, 0.15) is 5.75 Å². The molecule has 0 aromatic heterocycles. The second-order valence-corrected chi connectivity index (χ2v) is 7.86. The first kappa shape index (κ1) is 17.4. The average Bonchev–Trinajstić information content (AvgIpc) is 2.88. The highest BCUT2D eigenvalue weighted by Gasteiger charge is 2.24. The van der Waals surface area contributed by atoms with Gasteiger partial charge in [0.2, 0.25) is 0 Å². The summed E-state index contributed by atoms with van der Waals surface area (Å²) in [4.78, 5) is 14.9. The molecule has 3 rings (SSSR count). The lowest BCUT2D eigenvalue weighted by Crippen LogP contribution is -2.33. The fourth-order valence-electron chi connectivity index (χ4n) is 2.87. The molecule has 0 saturated carbocycles. The Morgan fingerprint density at radius 1 is 1.21 bits per heavy atom. The van der Waals surface area contributed by atoms with Gasteiger partial charge >= 0.3 is 0 Å². The van der Waals surface area contributed by atoms with E-state index in [1.54, 1.807) is 13.2 Å². The largest absolute Gasteiger partial charge is 0.497 e. The van der Waals surface area contributed by atoms with Crippen LogP contribution >= 0.6 is 27.7 Å². The summed E-state index contributed by atoms with van der Waals surface area (Å²) in [5, 5.41) is 0.456. The van der Waals surface area contributed by atoms with Crippen molar-refractivity contribution in [2.45, 2.75) is 11.7 Å². The molecule has 5 heteroatoms. The molecule has 1 aliphatic rings. The van der Waals surface area contributed by atoms with Crippen molar-refractivity contribution in [3.05, 3.63) is 64.1 Å². The van der Waals surface area contributed by atoms with Crippen molar-refractivity contribution >= 4 is 33.6 Å². The van der Waals surface area contributed by atoms with Gasteiger partial charge in [-0.3, -0.25) is 4.79 Å². The maximum Gasteiger partial charge on any atom is 0.255 e. The van der Waals surface area contributed by atoms with E-state index in [0.29, 0.717) is 16.6 Å². The number of halogens is 1. The molecule has 1 fully saturated rings. The summed E-state index contributed by atoms with van der Waals surface area (Å²) >= 11 is 5.42. The molecule has 126 valence electrons. The molecule has 1 amide bonds. The summed E-state index contributed by atoms with van der Waals surface area (Å²) in [5.41, 5.74) is 2.01. The van der Waals surface area contributed by atoms with Crippen LogP contribution in [0.1, 0.15) is 27.6 Å². The lowest BCUT2D eigenvalue weighted by Gasteiger charge is -2.21. The van der Waals surface area contributed by atoms with Crippen LogP contribution in [-0.4, -0.2) is 36.8 Å². The lowest BCUT2D eigenvalue weighted by molar-refractivity contribution is 0.0765. The van der Waals surface area contributed by atoms with E-state index in [1.165, 1.54) is 5.56 Å². The highest BCUT2D eigenvalue weighted by atomic mass is 79.9. The van der Waals surface area contributed by atoms with E-state index in [4.69, 9.17) is 4.74 Å². The predicted molar refractivity (Wildman–Crippen MR) is 103 cm³/mol. The first-order chi connectivity index (χ1) is 11.7. The molecular weight excluding hydrogens is 386 g/mol. The maximum absolute atomic E-state index is 12.9. The van der Waals surface area contributed by atoms with Crippen molar-refractivity contribution in [1.29, 1.82) is 0 Å². The van der Waals surface area contributed by atoms with Gasteiger partial charge in [0, 0.05) is 28.6 Å². The van der Waals surface area contributed by atoms with Gasteiger partial charge in [-0.2, -0.15) is 11.8 Å². The standard InChI is InChI=1S/C19H20BrNO2S/c1-23-15-7-8-17(20)16(13-15)19(22)21-10-9-18(24-12-11-21)14-5-3-2-4-6-14/h2-8,13,18H,9-12H2,1H3/t18-/m1/s1. The van der Waals surface area contributed by atoms with Gasteiger partial charge in [-0.25, -0.2) is 0 Å². The zero-order chi connectivity index (χ0) is 16.9. The zero-order valence-corrected chi connectivity index (χ0v) is 16.0. The van der Waals surface area contributed by atoms with Crippen LogP contribution in [0.5, 0.6) is 5.75 Å². The minimum Gasteiger partial charge on any atom is -0.497 e. The van der Waals surface area contributed by atoms with Gasteiger partial charge in [0.25, 0.3) is 5.91 Å². The van der Waals surface area contributed by atoms with Gasteiger partial charge in [0.05, 0.1) is 12.7 Å². The summed E-state index contributed by atoms with van der Waals surface area (Å²) in [5.74, 6) is 1.72. The van der Waals surface area contributed by atoms with Crippen LogP contribution in [0.2, 0.25) is 0 Å². The number of rotatable bonds is 3. The third-order valence-electron chi connectivity index (χ3n) is 4.20. The predicted octanol–water partition coefficient (Wildman–Crippen LogP) is 4.78. The van der Waals surface area contributed by atoms with Crippen LogP contribution in [-0.2, 0) is 0 Å². The average molecular weight is 406 g/mol. The molecule has 24 heavy (non-hydrogen) atoms. The van der Waals surface area contributed by atoms with Crippen molar-refractivity contribution in [1.82, 2.24) is 4.90 Å². The topological polar surface area (TPSA) is 29.5 Å². The van der Waals surface area contributed by atoms with Crippen LogP contribution in [0, 0.1) is 0 Å². The SMILES string of the molecule is COc1ccc(Br)c(C(=O)N2CCS[C@@H](c3ccccc3)CC2)c1. The number of benzene rings is 2. The first-order valence-electron chi connectivity index (χ1n) is 7.98. The van der Waals surface area contributed by atoms with Crippen LogP contribution in [0.4, 0.5) is 0 Å². The van der Waals surface area contributed by atoms with E-state index >= 15 is 0 Å². The molecule has 2 aromatic rings. The van der Waals surface area contributed by atoms with Crippen molar-refractivity contribution in [3.8, 4) is 5.75 Å². The Morgan fingerprint density at radius 2 is 2.00 bits per heavy atom. The molecule has 0 aliphatic carbocycles. The van der Waals surface area contributed by atoms with Gasteiger partial charge in [0.15, 0.2) is 0 Å². The van der Waals surface area contributed by atoms with E-state index in [-0.39, 0.29) is 5.91 Å². The van der Waals surface area contributed by atoms with E-state index < -0.39 is 0 Å². The number of ether oxygens (including phenoxy) is 1. The molecule has 0 N–H and O–H groups in total. The Morgan fingerprint density at radius 3 is 2.75 bits per heavy atom. The van der Waals surface area contributed by atoms with E-state index in [1.807, 2.05) is 34.9 Å². The second-order valence-electron chi connectivity index (χ2n) is 5.70. The molecule has 0 bridgehead atoms. The quantitative estimate of drug-likeness (QED) is 0.735. The molecule has 2 aromatic carbocycles. The van der Waals surface area contributed by atoms with E-state index in [0.717, 1.165) is 29.7 Å². The summed E-state index contributed by atoms with van der Waals surface area (Å²) in [6.07, 6.45) is 0.974. The zero-order valence-electron chi connectivity index (χ0n) is 13.6. The molecule has 3 nitrogen and oxygen atoms in total. The molecule has 1 saturated heterocycles. The molecule has 1 atom stereocenters. The summed E-state index contributed by atoms with van der Waals surface area (Å²) < 4.78 is 6.06. The number of carbonyl (C=O) groups excluding carboxylic acids is 1. The number of carbonyl (C=O) groups is 1. The number of nitrogens with zero attached hydrogens (tertiary/aromatic N) is 1. The fraction of sp³-hybridized carbons (Fsp3) is 0.316. The summed E-state index contributed by atoms with van der Waals surface area (Å²) in [7, 11) is 1.62. The van der Waals surface area contributed by atoms with Crippen molar-refractivity contribution in [2.75, 3.05) is 26.0 Å².